The van der Waals surface area contributed by atoms with E-state index in [9.17, 15) is 37.5 Å². The van der Waals surface area contributed by atoms with E-state index in [1.807, 2.05) is 19.1 Å². The molecule has 1 aromatic carbocycles. The number of rotatable bonds is 9. The van der Waals surface area contributed by atoms with Crippen molar-refractivity contribution in [3.63, 3.8) is 0 Å². The lowest BCUT2D eigenvalue weighted by atomic mass is 9.88. The van der Waals surface area contributed by atoms with Crippen molar-refractivity contribution in [3.8, 4) is 5.88 Å². The monoisotopic (exact) mass is 742 g/mol. The fraction of sp³-hybridized carbons (Fsp3) is 0.600. The van der Waals surface area contributed by atoms with Gasteiger partial charge in [-0.25, -0.2) is 17.9 Å². The molecule has 2 aliphatic heterocycles. The number of nitrogens with one attached hydrogen (secondary N) is 3. The highest BCUT2D eigenvalue weighted by Crippen LogP contribution is 2.46. The van der Waals surface area contributed by atoms with Crippen LogP contribution in [0.3, 0.4) is 0 Å². The summed E-state index contributed by atoms with van der Waals surface area (Å²) in [6.45, 7) is 4.02. The number of hydrogen-bond donors (Lipinski definition) is 4. The molecule has 17 heteroatoms. The average Bonchev–Trinajstić information content (AvgIpc) is 4.02. The Morgan fingerprint density at radius 2 is 1.83 bits per heavy atom. The van der Waals surface area contributed by atoms with Gasteiger partial charge in [-0.3, -0.25) is 23.9 Å². The molecule has 0 unspecified atom stereocenters. The molecule has 1 saturated heterocycles. The number of ether oxygens (including phenoxy) is 2. The molecule has 4 amide bonds. The third-order valence-electron chi connectivity index (χ3n) is 10.5. The lowest BCUT2D eigenvalue weighted by molar-refractivity contribution is -0.142. The summed E-state index contributed by atoms with van der Waals surface area (Å²) < 4.78 is 40.5. The van der Waals surface area contributed by atoms with E-state index in [1.54, 1.807) is 31.2 Å². The third-order valence-corrected chi connectivity index (χ3v) is 12.3. The van der Waals surface area contributed by atoms with Gasteiger partial charge < -0.3 is 30.1 Å². The predicted octanol–water partition coefficient (Wildman–Crippen LogP) is 1.52. The number of nitrogens with zero attached hydrogens (tertiary/aromatic N) is 3. The first-order chi connectivity index (χ1) is 24.7. The van der Waals surface area contributed by atoms with Gasteiger partial charge in [-0.15, -0.1) is 5.10 Å². The Hall–Kier alpha value is -4.51. The molecule has 16 nitrogen and oxygen atoms in total. The molecule has 2 saturated carbocycles. The van der Waals surface area contributed by atoms with Crippen molar-refractivity contribution in [2.24, 2.45) is 17.8 Å². The second kappa shape index (κ2) is 14.8. The molecule has 52 heavy (non-hydrogen) atoms. The topological polar surface area (TPSA) is 215 Å². The van der Waals surface area contributed by atoms with Crippen LogP contribution in [0.2, 0.25) is 0 Å². The summed E-state index contributed by atoms with van der Waals surface area (Å²) in [6, 6.07) is 4.35. The highest BCUT2D eigenvalue weighted by molar-refractivity contribution is 7.91. The average molecular weight is 743 g/mol. The van der Waals surface area contributed by atoms with Gasteiger partial charge in [0.15, 0.2) is 0 Å². The molecule has 3 fully saturated rings. The van der Waals surface area contributed by atoms with Crippen molar-refractivity contribution >= 4 is 44.6 Å². The first-order valence-corrected chi connectivity index (χ1v) is 19.3. The Kier molecular flexibility index (Phi) is 10.6. The van der Waals surface area contributed by atoms with E-state index in [2.05, 4.69) is 20.5 Å². The number of allylic oxidation sites excluding steroid dienone is 1. The Labute approximate surface area is 301 Å². The molecular formula is C35H46N6O10S. The largest absolute Gasteiger partial charge is 0.471 e. The van der Waals surface area contributed by atoms with E-state index >= 15 is 0 Å². The van der Waals surface area contributed by atoms with E-state index in [0.717, 1.165) is 6.42 Å². The van der Waals surface area contributed by atoms with Gasteiger partial charge in [0.1, 0.15) is 23.7 Å². The van der Waals surface area contributed by atoms with E-state index in [1.165, 1.54) is 16.7 Å². The smallest absolute Gasteiger partial charge is 0.405 e. The number of amides is 4. The summed E-state index contributed by atoms with van der Waals surface area (Å²) in [5.41, 5.74) is -1.91. The van der Waals surface area contributed by atoms with Crippen molar-refractivity contribution in [2.45, 2.75) is 94.3 Å². The van der Waals surface area contributed by atoms with Gasteiger partial charge in [-0.1, -0.05) is 38.1 Å². The van der Waals surface area contributed by atoms with Crippen molar-refractivity contribution in [1.82, 2.24) is 30.0 Å². The summed E-state index contributed by atoms with van der Waals surface area (Å²) in [5.74, 6) is -2.89. The molecule has 3 heterocycles. The number of carbonyl (C=O) groups excluding carboxylic acids is 3. The molecule has 1 aromatic heterocycles. The summed E-state index contributed by atoms with van der Waals surface area (Å²) in [6.07, 6.45) is 4.38. The number of fused-ring (bicyclic) bond motifs is 3. The molecule has 2 aliphatic carbocycles. The maximum absolute atomic E-state index is 14.4. The lowest BCUT2D eigenvalue weighted by Gasteiger charge is -2.32. The Balaban J connectivity index is 1.35. The number of aromatic nitrogens is 2. The van der Waals surface area contributed by atoms with Crippen LogP contribution >= 0.6 is 0 Å². The van der Waals surface area contributed by atoms with E-state index < -0.39 is 74.7 Å². The van der Waals surface area contributed by atoms with Gasteiger partial charge in [0.05, 0.1) is 35.7 Å². The summed E-state index contributed by atoms with van der Waals surface area (Å²) in [7, 11) is -2.43. The van der Waals surface area contributed by atoms with Gasteiger partial charge in [0.25, 0.3) is 11.5 Å². The third kappa shape index (κ3) is 7.79. The van der Waals surface area contributed by atoms with Crippen LogP contribution in [-0.2, 0) is 35.7 Å². The second-order valence-corrected chi connectivity index (χ2v) is 16.5. The Morgan fingerprint density at radius 1 is 1.10 bits per heavy atom. The molecular weight excluding hydrogens is 696 g/mol. The van der Waals surface area contributed by atoms with Crippen LogP contribution in [0.4, 0.5) is 4.79 Å². The van der Waals surface area contributed by atoms with Crippen molar-refractivity contribution in [2.75, 3.05) is 20.3 Å². The molecule has 282 valence electrons. The van der Waals surface area contributed by atoms with Crippen LogP contribution in [0.15, 0.2) is 41.2 Å². The van der Waals surface area contributed by atoms with Crippen LogP contribution in [0.25, 0.3) is 10.8 Å². The Morgan fingerprint density at radius 3 is 2.52 bits per heavy atom. The fourth-order valence-electron chi connectivity index (χ4n) is 7.41. The van der Waals surface area contributed by atoms with Gasteiger partial charge >= 0.3 is 6.09 Å². The first-order valence-electron chi connectivity index (χ1n) is 17.7. The SMILES string of the molecule is COCCn1nc(O[C@@H]2C[C@H]3C(=O)N[C@]4(C(=O)NS(=O)(=O)C5CC5)C[C@H]4/C=C\CC[C@@H](C)C[C@@H](C)[C@H](NC(=O)O)C(=O)N3C2)c2ccccc2c1=O. The van der Waals surface area contributed by atoms with Crippen molar-refractivity contribution in [1.29, 1.82) is 0 Å². The summed E-state index contributed by atoms with van der Waals surface area (Å²) in [4.78, 5) is 68.8. The number of benzene rings is 1. The van der Waals surface area contributed by atoms with E-state index in [4.69, 9.17) is 9.47 Å². The predicted molar refractivity (Wildman–Crippen MR) is 188 cm³/mol. The molecule has 0 bridgehead atoms. The number of hydrogen-bond acceptors (Lipinski definition) is 10. The van der Waals surface area contributed by atoms with Gasteiger partial charge in [0, 0.05) is 19.4 Å². The van der Waals surface area contributed by atoms with Gasteiger partial charge in [0.2, 0.25) is 27.7 Å². The Bertz CT molecular complexity index is 1930. The molecule has 2 aromatic rings. The fourth-order valence-corrected chi connectivity index (χ4v) is 8.77. The van der Waals surface area contributed by atoms with Crippen LogP contribution in [0, 0.1) is 17.8 Å². The maximum atomic E-state index is 14.4. The standard InChI is InChI=1S/C35H46N6O10S/c1-20-8-4-5-9-22-18-35(22,33(45)39-52(48,49)24-12-13-24)37-29(42)27-17-23(19-40(27)32(44)28(21(2)16-20)36-34(46)47)51-30-25-10-6-7-11-26(25)31(43)41(38-30)14-15-50-3/h5-7,9-11,20-24,27-28,36H,4,8,12-19H2,1-3H3,(H,37,42)(H,39,45)(H,46,47)/b9-5-/t20-,21-,22-,23-,27+,28+,35-/m1/s1. The first kappa shape index (κ1) is 37.3. The highest BCUT2D eigenvalue weighted by atomic mass is 32.2. The molecule has 6 rings (SSSR count). The van der Waals surface area contributed by atoms with E-state index in [-0.39, 0.29) is 49.9 Å². The minimum Gasteiger partial charge on any atom is -0.471 e. The normalized spacial score (nSPS) is 30.2. The molecule has 4 N–H and O–H groups in total. The zero-order chi connectivity index (χ0) is 37.4. The van der Waals surface area contributed by atoms with Crippen LogP contribution in [0.5, 0.6) is 5.88 Å². The maximum Gasteiger partial charge on any atom is 0.405 e. The quantitative estimate of drug-likeness (QED) is 0.270. The number of carboxylic acid groups (broad SMARTS) is 1. The van der Waals surface area contributed by atoms with E-state index in [0.29, 0.717) is 36.5 Å². The minimum absolute atomic E-state index is 0.0616. The van der Waals surface area contributed by atoms with Crippen LogP contribution in [-0.4, -0.2) is 101 Å². The summed E-state index contributed by atoms with van der Waals surface area (Å²) >= 11 is 0. The lowest BCUT2D eigenvalue weighted by Crippen LogP contribution is -2.59. The number of sulfonamides is 1. The second-order valence-electron chi connectivity index (χ2n) is 14.6. The molecule has 7 atom stereocenters. The summed E-state index contributed by atoms with van der Waals surface area (Å²) in [5, 5.41) is 19.5. The van der Waals surface area contributed by atoms with Gasteiger partial charge in [-0.2, -0.15) is 0 Å². The van der Waals surface area contributed by atoms with Crippen LogP contribution < -0.4 is 25.7 Å². The molecule has 4 aliphatic rings. The van der Waals surface area contributed by atoms with Crippen molar-refractivity contribution < 1.29 is 42.2 Å². The number of carbonyl (C=O) groups is 4. The number of methoxy groups -OCH3 is 1. The molecule has 0 radical (unpaired) electrons. The van der Waals surface area contributed by atoms with Gasteiger partial charge in [-0.05, 0) is 62.5 Å². The zero-order valence-corrected chi connectivity index (χ0v) is 30.3. The molecule has 0 spiro atoms. The van der Waals surface area contributed by atoms with Crippen LogP contribution in [0.1, 0.15) is 58.8 Å². The minimum atomic E-state index is -3.93. The highest BCUT2D eigenvalue weighted by Gasteiger charge is 2.62. The van der Waals surface area contributed by atoms with Crippen molar-refractivity contribution in [3.05, 3.63) is 46.8 Å². The zero-order valence-electron chi connectivity index (χ0n) is 29.4.